The molecule has 3 rings (SSSR count). The van der Waals surface area contributed by atoms with Gasteiger partial charge >= 0.3 is 0 Å². The topological polar surface area (TPSA) is 0 Å². The second-order valence-electron chi connectivity index (χ2n) is 8.36. The molecule has 0 aromatic heterocycles. The second kappa shape index (κ2) is 5.49. The summed E-state index contributed by atoms with van der Waals surface area (Å²) in [5.41, 5.74) is 9.46. The zero-order valence-corrected chi connectivity index (χ0v) is 17.7. The van der Waals surface area contributed by atoms with Crippen LogP contribution in [0.2, 0.25) is 0 Å². The lowest BCUT2D eigenvalue weighted by Crippen LogP contribution is -2.88. The molecular formula is C24H40. The molecule has 0 spiro atoms. The Balaban J connectivity index is 2.38. The average Bonchev–Trinajstić information content (AvgIpc) is 2.59. The highest BCUT2D eigenvalue weighted by Crippen LogP contribution is 2.99. The molecule has 3 aliphatic rings. The number of hydrogen-bond acceptors (Lipinski definition) is 0. The third-order valence-corrected chi connectivity index (χ3v) is 9.24. The van der Waals surface area contributed by atoms with Gasteiger partial charge in [-0.2, -0.15) is 0 Å². The van der Waals surface area contributed by atoms with E-state index in [-0.39, 0.29) is 0 Å². The van der Waals surface area contributed by atoms with E-state index in [1.165, 1.54) is 51.4 Å². The Bertz CT molecular complexity index is 484. The molecular weight excluding hydrogens is 288 g/mol. The Labute approximate surface area is 151 Å². The number of hydrogen-bond donors (Lipinski definition) is 0. The Morgan fingerprint density at radius 1 is 0.375 bits per heavy atom. The van der Waals surface area contributed by atoms with Crippen LogP contribution in [-0.2, 0) is 0 Å². The van der Waals surface area contributed by atoms with Crippen LogP contribution in [0.15, 0.2) is 22.3 Å². The van der Waals surface area contributed by atoms with Gasteiger partial charge in [0.2, 0.25) is 0 Å². The summed E-state index contributed by atoms with van der Waals surface area (Å²) in [7, 11) is 0. The molecule has 136 valence electrons. The molecule has 24 heavy (non-hydrogen) atoms. The summed E-state index contributed by atoms with van der Waals surface area (Å²) < 4.78 is 0. The lowest BCUT2D eigenvalue weighted by Gasteiger charge is -2.94. The summed E-state index contributed by atoms with van der Waals surface area (Å²) >= 11 is 0. The highest BCUT2D eigenvalue weighted by atomic mass is 15.0. The molecule has 3 aliphatic carbocycles. The van der Waals surface area contributed by atoms with Gasteiger partial charge in [-0.05, 0) is 51.4 Å². The quantitative estimate of drug-likeness (QED) is 0.398. The molecule has 0 nitrogen and oxygen atoms in total. The van der Waals surface area contributed by atoms with Crippen molar-refractivity contribution in [2.24, 2.45) is 21.7 Å². The molecule has 0 aromatic carbocycles. The van der Waals surface area contributed by atoms with Crippen LogP contribution in [0.5, 0.6) is 0 Å². The minimum absolute atomic E-state index is 0.490. The predicted molar refractivity (Wildman–Crippen MR) is 106 cm³/mol. The van der Waals surface area contributed by atoms with E-state index in [9.17, 15) is 0 Å². The SMILES string of the molecule is CCC1=C(CC)C2(CC)C1(CC)C1(CC)C(CC)=C(CC)C21CC. The van der Waals surface area contributed by atoms with Crippen molar-refractivity contribution in [1.82, 2.24) is 0 Å². The Morgan fingerprint density at radius 2 is 0.542 bits per heavy atom. The van der Waals surface area contributed by atoms with Crippen molar-refractivity contribution in [3.63, 3.8) is 0 Å². The van der Waals surface area contributed by atoms with Crippen LogP contribution in [-0.4, -0.2) is 0 Å². The fourth-order valence-electron chi connectivity index (χ4n) is 9.69. The maximum Gasteiger partial charge on any atom is 0.0117 e. The highest BCUT2D eigenvalue weighted by molar-refractivity contribution is 5.69. The smallest absolute Gasteiger partial charge is 0.0117 e. The van der Waals surface area contributed by atoms with Gasteiger partial charge in [-0.25, -0.2) is 0 Å². The largest absolute Gasteiger partial charge is 0.0645 e. The summed E-state index contributed by atoms with van der Waals surface area (Å²) in [6.45, 7) is 19.7. The fraction of sp³-hybridized carbons (Fsp3) is 0.833. The first-order valence-corrected chi connectivity index (χ1v) is 11.0. The Morgan fingerprint density at radius 3 is 0.625 bits per heavy atom. The fourth-order valence-corrected chi connectivity index (χ4v) is 9.69. The molecule has 0 aromatic rings. The van der Waals surface area contributed by atoms with Gasteiger partial charge in [0.25, 0.3) is 0 Å². The summed E-state index contributed by atoms with van der Waals surface area (Å²) in [6, 6.07) is 0. The molecule has 1 fully saturated rings. The summed E-state index contributed by atoms with van der Waals surface area (Å²) in [6.07, 6.45) is 10.5. The van der Waals surface area contributed by atoms with Crippen molar-refractivity contribution in [1.29, 1.82) is 0 Å². The maximum atomic E-state index is 2.50. The lowest BCUT2D eigenvalue weighted by atomic mass is 9.08. The number of fused-ring (bicyclic) bond motifs is 4. The first-order chi connectivity index (χ1) is 11.5. The minimum atomic E-state index is 0.490. The van der Waals surface area contributed by atoms with E-state index in [1.807, 2.05) is 22.3 Å². The van der Waals surface area contributed by atoms with Gasteiger partial charge in [0.15, 0.2) is 0 Å². The molecule has 0 heteroatoms. The standard InChI is InChI=1S/C24H40/c1-9-17-18(10-2)22(14-6)21(17,13-5)23(15-7)19(11-3)20(12-4)24(22,23)16-8/h9-16H2,1-8H3. The monoisotopic (exact) mass is 328 g/mol. The van der Waals surface area contributed by atoms with Gasteiger partial charge < -0.3 is 0 Å². The molecule has 0 N–H and O–H groups in total. The lowest BCUT2D eigenvalue weighted by molar-refractivity contribution is -0.333. The first-order valence-electron chi connectivity index (χ1n) is 11.0. The zero-order chi connectivity index (χ0) is 18.0. The van der Waals surface area contributed by atoms with Crippen LogP contribution in [0.25, 0.3) is 0 Å². The van der Waals surface area contributed by atoms with Gasteiger partial charge in [-0.3, -0.25) is 0 Å². The van der Waals surface area contributed by atoms with E-state index in [0.29, 0.717) is 21.7 Å². The van der Waals surface area contributed by atoms with Gasteiger partial charge in [-0.1, -0.05) is 77.7 Å². The van der Waals surface area contributed by atoms with E-state index in [2.05, 4.69) is 55.4 Å². The predicted octanol–water partition coefficient (Wildman–Crippen LogP) is 7.85. The van der Waals surface area contributed by atoms with Crippen LogP contribution in [0.3, 0.4) is 0 Å². The number of rotatable bonds is 8. The van der Waals surface area contributed by atoms with Gasteiger partial charge in [0, 0.05) is 21.7 Å². The van der Waals surface area contributed by atoms with Crippen molar-refractivity contribution in [3.05, 3.63) is 22.3 Å². The molecule has 0 bridgehead atoms. The molecule has 0 amide bonds. The van der Waals surface area contributed by atoms with E-state index in [0.717, 1.165) is 0 Å². The molecule has 0 radical (unpaired) electrons. The maximum absolute atomic E-state index is 2.50. The van der Waals surface area contributed by atoms with E-state index >= 15 is 0 Å². The van der Waals surface area contributed by atoms with Crippen LogP contribution in [0, 0.1) is 21.7 Å². The van der Waals surface area contributed by atoms with Gasteiger partial charge in [0.1, 0.15) is 0 Å². The third-order valence-electron chi connectivity index (χ3n) is 9.24. The van der Waals surface area contributed by atoms with Crippen molar-refractivity contribution in [3.8, 4) is 0 Å². The molecule has 0 unspecified atom stereocenters. The van der Waals surface area contributed by atoms with Crippen molar-refractivity contribution in [2.45, 2.75) is 107 Å². The molecule has 0 aliphatic heterocycles. The van der Waals surface area contributed by atoms with Crippen molar-refractivity contribution < 1.29 is 0 Å². The highest BCUT2D eigenvalue weighted by Gasteiger charge is 2.93. The van der Waals surface area contributed by atoms with Crippen LogP contribution < -0.4 is 0 Å². The van der Waals surface area contributed by atoms with E-state index in [4.69, 9.17) is 0 Å². The van der Waals surface area contributed by atoms with Crippen LogP contribution in [0.1, 0.15) is 107 Å². The Kier molecular flexibility index (Phi) is 4.18. The van der Waals surface area contributed by atoms with Gasteiger partial charge in [-0.15, -0.1) is 0 Å². The second-order valence-corrected chi connectivity index (χ2v) is 8.36. The summed E-state index contributed by atoms with van der Waals surface area (Å²) in [5.74, 6) is 0. The van der Waals surface area contributed by atoms with Crippen LogP contribution >= 0.6 is 0 Å². The Hall–Kier alpha value is -0.520. The average molecular weight is 329 g/mol. The molecule has 1 saturated carbocycles. The zero-order valence-electron chi connectivity index (χ0n) is 17.7. The first kappa shape index (κ1) is 18.3. The molecule has 0 saturated heterocycles. The van der Waals surface area contributed by atoms with Crippen molar-refractivity contribution >= 4 is 0 Å². The molecule has 0 atom stereocenters. The van der Waals surface area contributed by atoms with Crippen LogP contribution in [0.4, 0.5) is 0 Å². The van der Waals surface area contributed by atoms with Gasteiger partial charge in [0.05, 0.1) is 0 Å². The summed E-state index contributed by atoms with van der Waals surface area (Å²) in [5, 5.41) is 0. The normalized spacial score (nSPS) is 43.0. The molecule has 0 heterocycles. The van der Waals surface area contributed by atoms with E-state index < -0.39 is 0 Å². The number of allylic oxidation sites excluding steroid dienone is 4. The van der Waals surface area contributed by atoms with Crippen molar-refractivity contribution in [2.75, 3.05) is 0 Å². The van der Waals surface area contributed by atoms with E-state index in [1.54, 1.807) is 0 Å². The summed E-state index contributed by atoms with van der Waals surface area (Å²) in [4.78, 5) is 0. The minimum Gasteiger partial charge on any atom is -0.0645 e. The third kappa shape index (κ3) is 1.18.